The molecule has 0 atom stereocenters. The first-order chi connectivity index (χ1) is 13.5. The summed E-state index contributed by atoms with van der Waals surface area (Å²) in [4.78, 5) is 21.5. The highest BCUT2D eigenvalue weighted by Gasteiger charge is 2.23. The number of aromatic nitrogens is 1. The first kappa shape index (κ1) is 23.5. The Morgan fingerprint density at radius 1 is 1.14 bits per heavy atom. The van der Waals surface area contributed by atoms with Gasteiger partial charge in [-0.05, 0) is 36.2 Å². The van der Waals surface area contributed by atoms with Crippen molar-refractivity contribution in [2.24, 2.45) is 12.0 Å². The van der Waals surface area contributed by atoms with Crippen molar-refractivity contribution in [3.63, 3.8) is 0 Å². The Morgan fingerprint density at radius 2 is 1.86 bits per heavy atom. The Kier molecular flexibility index (Phi) is 9.29. The molecule has 0 aliphatic carbocycles. The zero-order valence-electron chi connectivity index (χ0n) is 17.0. The molecule has 0 unspecified atom stereocenters. The quantitative estimate of drug-likeness (QED) is 0.368. The van der Waals surface area contributed by atoms with Crippen LogP contribution in [0.25, 0.3) is 0 Å². The van der Waals surface area contributed by atoms with Gasteiger partial charge in [0.25, 0.3) is 0 Å². The zero-order valence-corrected chi connectivity index (χ0v) is 20.1. The van der Waals surface area contributed by atoms with Gasteiger partial charge in [-0.25, -0.2) is 4.99 Å². The lowest BCUT2D eigenvalue weighted by Crippen LogP contribution is -2.54. The molecule has 3 rings (SSSR count). The van der Waals surface area contributed by atoms with E-state index in [1.807, 2.05) is 47.0 Å². The molecule has 1 aromatic carbocycles. The molecule has 1 aliphatic rings. The van der Waals surface area contributed by atoms with Crippen LogP contribution in [-0.2, 0) is 24.8 Å². The van der Waals surface area contributed by atoms with Gasteiger partial charge in [0.2, 0.25) is 5.91 Å². The number of benzene rings is 1. The highest BCUT2D eigenvalue weighted by molar-refractivity contribution is 14.0. The molecule has 1 N–H and O–H groups in total. The minimum absolute atomic E-state index is 0. The Labute approximate surface area is 194 Å². The maximum atomic E-state index is 12.6. The summed E-state index contributed by atoms with van der Waals surface area (Å²) < 4.78 is 2.03. The number of carbonyl (C=O) groups is 1. The second-order valence-electron chi connectivity index (χ2n) is 7.03. The number of piperazine rings is 1. The summed E-state index contributed by atoms with van der Waals surface area (Å²) in [5.74, 6) is 1.06. The van der Waals surface area contributed by atoms with Crippen LogP contribution in [0.4, 0.5) is 0 Å². The van der Waals surface area contributed by atoms with E-state index in [-0.39, 0.29) is 29.9 Å². The molecule has 8 heteroatoms. The highest BCUT2D eigenvalue weighted by atomic mass is 127. The maximum absolute atomic E-state index is 12.6. The lowest BCUT2D eigenvalue weighted by molar-refractivity contribution is -0.131. The predicted octanol–water partition coefficient (Wildman–Crippen LogP) is 3.15. The number of guanidine groups is 1. The molecule has 0 saturated carbocycles. The van der Waals surface area contributed by atoms with Crippen LogP contribution in [0.15, 0.2) is 47.7 Å². The van der Waals surface area contributed by atoms with Crippen LogP contribution in [0, 0.1) is 0 Å². The predicted molar refractivity (Wildman–Crippen MR) is 129 cm³/mol. The number of aryl methyl sites for hydroxylation is 1. The molecule has 0 radical (unpaired) electrons. The number of carbonyl (C=O) groups excluding carboxylic acids is 1. The van der Waals surface area contributed by atoms with Gasteiger partial charge in [0.1, 0.15) is 0 Å². The number of amides is 1. The van der Waals surface area contributed by atoms with Crippen LogP contribution in [0.2, 0.25) is 5.02 Å². The van der Waals surface area contributed by atoms with Crippen molar-refractivity contribution in [1.29, 1.82) is 0 Å². The van der Waals surface area contributed by atoms with Crippen LogP contribution in [0.5, 0.6) is 0 Å². The molecule has 1 saturated heterocycles. The molecule has 1 fully saturated rings. The van der Waals surface area contributed by atoms with Gasteiger partial charge < -0.3 is 19.7 Å². The molecule has 1 aromatic heterocycles. The van der Waals surface area contributed by atoms with Gasteiger partial charge >= 0.3 is 0 Å². The Morgan fingerprint density at radius 3 is 2.48 bits per heavy atom. The number of nitrogens with zero attached hydrogens (tertiary/aromatic N) is 4. The molecule has 2 heterocycles. The van der Waals surface area contributed by atoms with Crippen LogP contribution >= 0.6 is 35.6 Å². The lowest BCUT2D eigenvalue weighted by Gasteiger charge is -2.36. The van der Waals surface area contributed by atoms with Gasteiger partial charge in [-0.15, -0.1) is 24.0 Å². The van der Waals surface area contributed by atoms with Crippen LogP contribution in [0.1, 0.15) is 18.1 Å². The number of rotatable bonds is 5. The number of hydrogen-bond donors (Lipinski definition) is 1. The molecule has 1 amide bonds. The van der Waals surface area contributed by atoms with E-state index in [0.717, 1.165) is 31.2 Å². The summed E-state index contributed by atoms with van der Waals surface area (Å²) in [6.07, 6.45) is 4.50. The largest absolute Gasteiger partial charge is 0.357 e. The van der Waals surface area contributed by atoms with E-state index in [1.165, 1.54) is 5.56 Å². The summed E-state index contributed by atoms with van der Waals surface area (Å²) in [6.45, 7) is 6.51. The normalized spacial score (nSPS) is 14.5. The summed E-state index contributed by atoms with van der Waals surface area (Å²) >= 11 is 6.02. The Hall–Kier alpha value is -1.74. The van der Waals surface area contributed by atoms with E-state index in [9.17, 15) is 4.79 Å². The number of hydrogen-bond acceptors (Lipinski definition) is 2. The SMILES string of the molecule is CCNC(=NCc1ccn(C)c1)N1CCN(C(=O)Cc2cccc(Cl)c2)CC1.I. The van der Waals surface area contributed by atoms with Crippen molar-refractivity contribution < 1.29 is 4.79 Å². The van der Waals surface area contributed by atoms with Gasteiger partial charge in [0.05, 0.1) is 13.0 Å². The molecule has 0 bridgehead atoms. The molecule has 0 spiro atoms. The Balaban J connectivity index is 0.00000300. The van der Waals surface area contributed by atoms with Crippen molar-refractivity contribution in [1.82, 2.24) is 19.7 Å². The topological polar surface area (TPSA) is 52.9 Å². The van der Waals surface area contributed by atoms with Crippen LogP contribution in [0.3, 0.4) is 0 Å². The summed E-state index contributed by atoms with van der Waals surface area (Å²) in [7, 11) is 2.01. The molecule has 1 aliphatic heterocycles. The van der Waals surface area contributed by atoms with E-state index in [0.29, 0.717) is 31.1 Å². The van der Waals surface area contributed by atoms with Crippen molar-refractivity contribution in [2.45, 2.75) is 19.9 Å². The van der Waals surface area contributed by atoms with Gasteiger partial charge in [0.15, 0.2) is 5.96 Å². The zero-order chi connectivity index (χ0) is 19.9. The Bertz CT molecular complexity index is 830. The van der Waals surface area contributed by atoms with Crippen molar-refractivity contribution >= 4 is 47.4 Å². The van der Waals surface area contributed by atoms with Crippen LogP contribution < -0.4 is 5.32 Å². The van der Waals surface area contributed by atoms with Crippen molar-refractivity contribution in [3.05, 3.63) is 58.9 Å². The molecule has 2 aromatic rings. The third-order valence-electron chi connectivity index (χ3n) is 4.82. The lowest BCUT2D eigenvalue weighted by atomic mass is 10.1. The summed E-state index contributed by atoms with van der Waals surface area (Å²) in [5.41, 5.74) is 2.14. The van der Waals surface area contributed by atoms with Gasteiger partial charge in [-0.1, -0.05) is 23.7 Å². The van der Waals surface area contributed by atoms with E-state index in [2.05, 4.69) is 29.4 Å². The average Bonchev–Trinajstić information content (AvgIpc) is 3.10. The molecular formula is C21H29ClIN5O. The standard InChI is InChI=1S/C21H28ClN5O.HI/c1-3-23-21(24-15-18-7-8-25(2)16-18)27-11-9-26(10-12-27)20(28)14-17-5-4-6-19(22)13-17;/h4-8,13,16H,3,9-12,14-15H2,1-2H3,(H,23,24);1H. The van der Waals surface area contributed by atoms with Crippen LogP contribution in [-0.4, -0.2) is 59.0 Å². The fraction of sp³-hybridized carbons (Fsp3) is 0.429. The first-order valence-corrected chi connectivity index (χ1v) is 10.1. The third kappa shape index (κ3) is 6.92. The number of aliphatic imine (C=N–C) groups is 1. The average molecular weight is 530 g/mol. The van der Waals surface area contributed by atoms with E-state index in [1.54, 1.807) is 0 Å². The number of halogens is 2. The minimum Gasteiger partial charge on any atom is -0.357 e. The van der Waals surface area contributed by atoms with E-state index >= 15 is 0 Å². The second-order valence-corrected chi connectivity index (χ2v) is 7.47. The number of nitrogens with one attached hydrogen (secondary N) is 1. The van der Waals surface area contributed by atoms with Gasteiger partial charge in [0, 0.05) is 57.2 Å². The summed E-state index contributed by atoms with van der Waals surface area (Å²) in [5, 5.41) is 4.04. The molecule has 29 heavy (non-hydrogen) atoms. The monoisotopic (exact) mass is 529 g/mol. The molecule has 6 nitrogen and oxygen atoms in total. The molecule has 158 valence electrons. The maximum Gasteiger partial charge on any atom is 0.227 e. The molecular weight excluding hydrogens is 501 g/mol. The third-order valence-corrected chi connectivity index (χ3v) is 5.05. The smallest absolute Gasteiger partial charge is 0.227 e. The fourth-order valence-electron chi connectivity index (χ4n) is 3.35. The highest BCUT2D eigenvalue weighted by Crippen LogP contribution is 2.13. The summed E-state index contributed by atoms with van der Waals surface area (Å²) in [6, 6.07) is 9.59. The van der Waals surface area contributed by atoms with Crippen molar-refractivity contribution in [3.8, 4) is 0 Å². The van der Waals surface area contributed by atoms with E-state index < -0.39 is 0 Å². The van der Waals surface area contributed by atoms with Gasteiger partial charge in [-0.2, -0.15) is 0 Å². The minimum atomic E-state index is 0. The fourth-order valence-corrected chi connectivity index (χ4v) is 3.56. The first-order valence-electron chi connectivity index (χ1n) is 9.71. The second kappa shape index (κ2) is 11.4. The van der Waals surface area contributed by atoms with Gasteiger partial charge in [-0.3, -0.25) is 4.79 Å². The van der Waals surface area contributed by atoms with E-state index in [4.69, 9.17) is 16.6 Å². The van der Waals surface area contributed by atoms with Crippen molar-refractivity contribution in [2.75, 3.05) is 32.7 Å².